The Hall–Kier alpha value is -2.52. The zero-order chi connectivity index (χ0) is 14.3. The van der Waals surface area contributed by atoms with Crippen LogP contribution < -0.4 is 0 Å². The van der Waals surface area contributed by atoms with Gasteiger partial charge in [-0.25, -0.2) is 0 Å². The molecular formula is C18H14N2S. The predicted molar refractivity (Wildman–Crippen MR) is 90.4 cm³/mol. The zero-order valence-electron chi connectivity index (χ0n) is 11.4. The first-order valence-electron chi connectivity index (χ1n) is 6.69. The Balaban J connectivity index is 1.97. The van der Waals surface area contributed by atoms with E-state index in [0.717, 1.165) is 21.7 Å². The number of hydrogen-bond donors (Lipinski definition) is 0. The van der Waals surface area contributed by atoms with Crippen LogP contribution in [0.2, 0.25) is 0 Å². The monoisotopic (exact) mass is 290 g/mol. The van der Waals surface area contributed by atoms with Crippen molar-refractivity contribution in [2.75, 3.05) is 0 Å². The molecule has 3 rings (SSSR count). The molecule has 0 aliphatic rings. The summed E-state index contributed by atoms with van der Waals surface area (Å²) in [5.41, 5.74) is 3.00. The molecule has 102 valence electrons. The summed E-state index contributed by atoms with van der Waals surface area (Å²) in [6, 6.07) is 24.3. The molecule has 2 nitrogen and oxygen atoms in total. The van der Waals surface area contributed by atoms with Crippen LogP contribution in [0.3, 0.4) is 0 Å². The van der Waals surface area contributed by atoms with Gasteiger partial charge in [-0.1, -0.05) is 66.7 Å². The summed E-state index contributed by atoms with van der Waals surface area (Å²) in [6.07, 6.45) is 1.79. The molecule has 0 amide bonds. The molecule has 0 aliphatic heterocycles. The Morgan fingerprint density at radius 3 is 1.90 bits per heavy atom. The van der Waals surface area contributed by atoms with Crippen molar-refractivity contribution in [1.82, 2.24) is 0 Å². The topological polar surface area (TPSA) is 24.7 Å². The van der Waals surface area contributed by atoms with E-state index in [2.05, 4.69) is 10.2 Å². The van der Waals surface area contributed by atoms with Gasteiger partial charge in [-0.05, 0) is 11.4 Å². The van der Waals surface area contributed by atoms with Gasteiger partial charge in [-0.3, -0.25) is 0 Å². The van der Waals surface area contributed by atoms with E-state index in [0.29, 0.717) is 0 Å². The van der Waals surface area contributed by atoms with Gasteiger partial charge in [-0.2, -0.15) is 5.10 Å². The molecule has 0 radical (unpaired) electrons. The fourth-order valence-electron chi connectivity index (χ4n) is 1.98. The van der Waals surface area contributed by atoms with Crippen LogP contribution >= 0.6 is 11.3 Å². The molecule has 0 saturated carbocycles. The lowest BCUT2D eigenvalue weighted by molar-refractivity contribution is 1.25. The molecule has 0 atom stereocenters. The summed E-state index contributed by atoms with van der Waals surface area (Å²) in [6.45, 7) is 0. The lowest BCUT2D eigenvalue weighted by atomic mass is 10.0. The molecule has 0 aliphatic carbocycles. The van der Waals surface area contributed by atoms with E-state index in [-0.39, 0.29) is 0 Å². The van der Waals surface area contributed by atoms with Gasteiger partial charge in [0.15, 0.2) is 0 Å². The molecule has 0 unspecified atom stereocenters. The molecule has 1 heterocycles. The SMILES string of the molecule is C(=NN=C(c1ccccc1)c1ccccc1)c1cccs1. The van der Waals surface area contributed by atoms with Crippen LogP contribution in [0, 0.1) is 0 Å². The van der Waals surface area contributed by atoms with Gasteiger partial charge < -0.3 is 0 Å². The fraction of sp³-hybridized carbons (Fsp3) is 0. The molecule has 0 N–H and O–H groups in total. The van der Waals surface area contributed by atoms with E-state index >= 15 is 0 Å². The number of thiophene rings is 1. The maximum atomic E-state index is 4.43. The third kappa shape index (κ3) is 3.52. The van der Waals surface area contributed by atoms with Crippen LogP contribution in [-0.4, -0.2) is 11.9 Å². The molecule has 0 spiro atoms. The first-order valence-corrected chi connectivity index (χ1v) is 7.57. The first-order chi connectivity index (χ1) is 10.4. The van der Waals surface area contributed by atoms with Gasteiger partial charge >= 0.3 is 0 Å². The van der Waals surface area contributed by atoms with E-state index in [4.69, 9.17) is 0 Å². The number of benzene rings is 2. The molecule has 0 fully saturated rings. The van der Waals surface area contributed by atoms with Gasteiger partial charge in [0.05, 0.1) is 6.21 Å². The van der Waals surface area contributed by atoms with Gasteiger partial charge in [-0.15, -0.1) is 16.4 Å². The molecule has 1 aromatic heterocycles. The van der Waals surface area contributed by atoms with Crippen molar-refractivity contribution in [2.24, 2.45) is 10.2 Å². The standard InChI is InChI=1S/C18H14N2S/c1-3-8-15(9-4-1)18(16-10-5-2-6-11-16)20-19-14-17-12-7-13-21-17/h1-14H. The summed E-state index contributed by atoms with van der Waals surface area (Å²) in [4.78, 5) is 1.10. The van der Waals surface area contributed by atoms with Crippen LogP contribution in [0.25, 0.3) is 0 Å². The maximum absolute atomic E-state index is 4.43. The smallest absolute Gasteiger partial charge is 0.100 e. The molecule has 3 aromatic rings. The Labute approximate surface area is 128 Å². The highest BCUT2D eigenvalue weighted by molar-refractivity contribution is 7.11. The molecule has 3 heteroatoms. The van der Waals surface area contributed by atoms with E-state index in [1.165, 1.54) is 0 Å². The molecule has 21 heavy (non-hydrogen) atoms. The Kier molecular flexibility index (Phi) is 4.34. The summed E-state index contributed by atoms with van der Waals surface area (Å²) in [5, 5.41) is 10.7. The second-order valence-corrected chi connectivity index (χ2v) is 5.42. The summed E-state index contributed by atoms with van der Waals surface area (Å²) in [7, 11) is 0. The average molecular weight is 290 g/mol. The van der Waals surface area contributed by atoms with E-state index in [1.807, 2.05) is 78.2 Å². The van der Waals surface area contributed by atoms with Crippen molar-refractivity contribution in [3.63, 3.8) is 0 Å². The quantitative estimate of drug-likeness (QED) is 0.495. The van der Waals surface area contributed by atoms with E-state index in [1.54, 1.807) is 17.6 Å². The highest BCUT2D eigenvalue weighted by atomic mass is 32.1. The molecule has 0 saturated heterocycles. The van der Waals surface area contributed by atoms with Crippen molar-refractivity contribution >= 4 is 23.3 Å². The molecule has 0 bridgehead atoms. The van der Waals surface area contributed by atoms with Crippen molar-refractivity contribution in [2.45, 2.75) is 0 Å². The molecular weight excluding hydrogens is 276 g/mol. The minimum atomic E-state index is 0.879. The van der Waals surface area contributed by atoms with Crippen molar-refractivity contribution in [3.05, 3.63) is 94.2 Å². The molecule has 2 aromatic carbocycles. The predicted octanol–water partition coefficient (Wildman–Crippen LogP) is 4.62. The summed E-state index contributed by atoms with van der Waals surface area (Å²) >= 11 is 1.65. The zero-order valence-corrected chi connectivity index (χ0v) is 12.2. The highest BCUT2D eigenvalue weighted by Crippen LogP contribution is 2.11. The summed E-state index contributed by atoms with van der Waals surface area (Å²) < 4.78 is 0. The largest absolute Gasteiger partial charge is 0.157 e. The van der Waals surface area contributed by atoms with Crippen LogP contribution in [0.5, 0.6) is 0 Å². The number of rotatable bonds is 4. The normalized spacial score (nSPS) is 10.7. The van der Waals surface area contributed by atoms with Crippen molar-refractivity contribution in [1.29, 1.82) is 0 Å². The third-order valence-electron chi connectivity index (χ3n) is 2.98. The van der Waals surface area contributed by atoms with Gasteiger partial charge in [0.25, 0.3) is 0 Å². The van der Waals surface area contributed by atoms with E-state index in [9.17, 15) is 0 Å². The minimum Gasteiger partial charge on any atom is -0.157 e. The maximum Gasteiger partial charge on any atom is 0.100 e. The number of nitrogens with zero attached hydrogens (tertiary/aromatic N) is 2. The van der Waals surface area contributed by atoms with Crippen LogP contribution in [0.15, 0.2) is 88.4 Å². The van der Waals surface area contributed by atoms with Crippen molar-refractivity contribution in [3.8, 4) is 0 Å². The second kappa shape index (κ2) is 6.77. The second-order valence-electron chi connectivity index (χ2n) is 4.44. The van der Waals surface area contributed by atoms with Crippen LogP contribution in [0.4, 0.5) is 0 Å². The van der Waals surface area contributed by atoms with Gasteiger partial charge in [0.1, 0.15) is 5.71 Å². The Bertz CT molecular complexity index is 688. The Morgan fingerprint density at radius 2 is 1.38 bits per heavy atom. The Morgan fingerprint density at radius 1 is 0.762 bits per heavy atom. The van der Waals surface area contributed by atoms with Crippen molar-refractivity contribution < 1.29 is 0 Å². The van der Waals surface area contributed by atoms with Crippen LogP contribution in [-0.2, 0) is 0 Å². The lowest BCUT2D eigenvalue weighted by Crippen LogP contribution is -2.02. The van der Waals surface area contributed by atoms with Crippen LogP contribution in [0.1, 0.15) is 16.0 Å². The van der Waals surface area contributed by atoms with Gasteiger partial charge in [0, 0.05) is 16.0 Å². The average Bonchev–Trinajstić information content (AvgIpc) is 3.07. The first kappa shape index (κ1) is 13.5. The minimum absolute atomic E-state index is 0.879. The van der Waals surface area contributed by atoms with E-state index < -0.39 is 0 Å². The summed E-state index contributed by atoms with van der Waals surface area (Å²) in [5.74, 6) is 0. The number of hydrogen-bond acceptors (Lipinski definition) is 3. The van der Waals surface area contributed by atoms with Gasteiger partial charge in [0.2, 0.25) is 0 Å². The third-order valence-corrected chi connectivity index (χ3v) is 3.79. The lowest BCUT2D eigenvalue weighted by Gasteiger charge is -2.04. The fourth-order valence-corrected chi connectivity index (χ4v) is 2.56. The highest BCUT2D eigenvalue weighted by Gasteiger charge is 2.05.